The molecule has 1 aliphatic carbocycles. The van der Waals surface area contributed by atoms with Gasteiger partial charge in [-0.2, -0.15) is 0 Å². The highest BCUT2D eigenvalue weighted by atomic mass is 19.1. The number of carbonyl (C=O) groups excluding carboxylic acids is 1. The average Bonchev–Trinajstić information content (AvgIpc) is 3.17. The zero-order valence-electron chi connectivity index (χ0n) is 16.9. The minimum atomic E-state index is -0.205. The van der Waals surface area contributed by atoms with E-state index in [1.54, 1.807) is 18.2 Å². The normalized spacial score (nSPS) is 16.3. The van der Waals surface area contributed by atoms with Crippen molar-refractivity contribution in [2.24, 2.45) is 0 Å². The van der Waals surface area contributed by atoms with E-state index in [1.165, 1.54) is 25.3 Å². The largest absolute Gasteiger partial charge is 0.455 e. The predicted molar refractivity (Wildman–Crippen MR) is 108 cm³/mol. The molecule has 0 bridgehead atoms. The Hall–Kier alpha value is -2.14. The average molecular weight is 387 g/mol. The summed E-state index contributed by atoms with van der Waals surface area (Å²) in [7, 11) is 0. The van der Waals surface area contributed by atoms with Crippen molar-refractivity contribution in [2.45, 2.75) is 77.5 Å². The molecule has 2 aromatic rings. The predicted octanol–water partition coefficient (Wildman–Crippen LogP) is 5.28. The molecule has 1 saturated carbocycles. The number of nitrogens with zero attached hydrogens (tertiary/aromatic N) is 1. The summed E-state index contributed by atoms with van der Waals surface area (Å²) >= 11 is 0. The smallest absolute Gasteiger partial charge is 0.287 e. The van der Waals surface area contributed by atoms with E-state index in [2.05, 4.69) is 10.2 Å². The van der Waals surface area contributed by atoms with E-state index in [-0.39, 0.29) is 17.8 Å². The van der Waals surface area contributed by atoms with E-state index in [0.717, 1.165) is 30.6 Å². The Morgan fingerprint density at radius 1 is 1.21 bits per heavy atom. The SMILES string of the molecule is CC[C@@H](C)NC(=O)c1ccc(CN(Cc2cccc(F)c2)C2CCCCC2)o1. The van der Waals surface area contributed by atoms with Crippen LogP contribution in [0.15, 0.2) is 40.8 Å². The Bertz CT molecular complexity index is 767. The van der Waals surface area contributed by atoms with E-state index in [9.17, 15) is 9.18 Å². The lowest BCUT2D eigenvalue weighted by Crippen LogP contribution is -2.35. The summed E-state index contributed by atoms with van der Waals surface area (Å²) in [6, 6.07) is 11.0. The molecular formula is C23H31FN2O2. The van der Waals surface area contributed by atoms with E-state index >= 15 is 0 Å². The Balaban J connectivity index is 1.71. The van der Waals surface area contributed by atoms with Crippen LogP contribution < -0.4 is 5.32 Å². The van der Waals surface area contributed by atoms with Crippen molar-refractivity contribution < 1.29 is 13.6 Å². The molecule has 0 unspecified atom stereocenters. The highest BCUT2D eigenvalue weighted by Crippen LogP contribution is 2.26. The standard InChI is InChI=1S/C23H31FN2O2/c1-3-17(2)25-23(27)22-13-12-21(28-22)16-26(20-10-5-4-6-11-20)15-18-8-7-9-19(24)14-18/h7-9,12-14,17,20H,3-6,10-11,15-16H2,1-2H3,(H,25,27)/t17-/m1/s1. The fourth-order valence-electron chi connectivity index (χ4n) is 3.81. The molecule has 0 radical (unpaired) electrons. The number of nitrogens with one attached hydrogen (secondary N) is 1. The van der Waals surface area contributed by atoms with E-state index < -0.39 is 0 Å². The fraction of sp³-hybridized carbons (Fsp3) is 0.522. The van der Waals surface area contributed by atoms with Gasteiger partial charge < -0.3 is 9.73 Å². The molecule has 1 fully saturated rings. The van der Waals surface area contributed by atoms with Gasteiger partial charge >= 0.3 is 0 Å². The number of carbonyl (C=O) groups is 1. The summed E-state index contributed by atoms with van der Waals surface area (Å²) in [5.74, 6) is 0.749. The first kappa shape index (κ1) is 20.6. The van der Waals surface area contributed by atoms with Gasteiger partial charge in [-0.25, -0.2) is 4.39 Å². The van der Waals surface area contributed by atoms with Gasteiger partial charge in [0.1, 0.15) is 11.6 Å². The van der Waals surface area contributed by atoms with Crippen molar-refractivity contribution in [3.05, 3.63) is 59.3 Å². The van der Waals surface area contributed by atoms with Crippen LogP contribution in [0.4, 0.5) is 4.39 Å². The van der Waals surface area contributed by atoms with Gasteiger partial charge in [0.25, 0.3) is 5.91 Å². The number of furan rings is 1. The Morgan fingerprint density at radius 3 is 2.71 bits per heavy atom. The number of hydrogen-bond donors (Lipinski definition) is 1. The second kappa shape index (κ2) is 9.87. The van der Waals surface area contributed by atoms with Crippen LogP contribution in [-0.2, 0) is 13.1 Å². The third-order valence-electron chi connectivity index (χ3n) is 5.60. The number of halogens is 1. The first-order chi connectivity index (χ1) is 13.5. The van der Waals surface area contributed by atoms with Gasteiger partial charge in [-0.1, -0.05) is 38.3 Å². The number of hydrogen-bond acceptors (Lipinski definition) is 3. The minimum Gasteiger partial charge on any atom is -0.455 e. The summed E-state index contributed by atoms with van der Waals surface area (Å²) in [6.45, 7) is 5.31. The molecule has 4 nitrogen and oxygen atoms in total. The first-order valence-electron chi connectivity index (χ1n) is 10.4. The zero-order chi connectivity index (χ0) is 19.9. The second-order valence-corrected chi connectivity index (χ2v) is 7.88. The van der Waals surface area contributed by atoms with Gasteiger partial charge in [-0.3, -0.25) is 9.69 Å². The highest BCUT2D eigenvalue weighted by Gasteiger charge is 2.23. The lowest BCUT2D eigenvalue weighted by atomic mass is 9.93. The van der Waals surface area contributed by atoms with Gasteiger partial charge in [-0.15, -0.1) is 0 Å². The summed E-state index contributed by atoms with van der Waals surface area (Å²) < 4.78 is 19.5. The molecule has 3 rings (SSSR count). The van der Waals surface area contributed by atoms with Gasteiger partial charge in [0.2, 0.25) is 0 Å². The number of rotatable bonds is 8. The van der Waals surface area contributed by atoms with Crippen LogP contribution in [0.5, 0.6) is 0 Å². The molecule has 0 aliphatic heterocycles. The van der Waals surface area contributed by atoms with Crippen molar-refractivity contribution in [2.75, 3.05) is 0 Å². The van der Waals surface area contributed by atoms with Gasteiger partial charge in [-0.05, 0) is 56.0 Å². The molecule has 28 heavy (non-hydrogen) atoms. The van der Waals surface area contributed by atoms with E-state index in [1.807, 2.05) is 26.0 Å². The molecule has 152 valence electrons. The zero-order valence-corrected chi connectivity index (χ0v) is 16.9. The molecule has 1 heterocycles. The maximum atomic E-state index is 13.6. The van der Waals surface area contributed by atoms with Crippen molar-refractivity contribution in [3.8, 4) is 0 Å². The summed E-state index contributed by atoms with van der Waals surface area (Å²) in [5.41, 5.74) is 0.965. The Morgan fingerprint density at radius 2 is 2.00 bits per heavy atom. The van der Waals surface area contributed by atoms with Crippen LogP contribution in [0.1, 0.15) is 74.3 Å². The van der Waals surface area contributed by atoms with Crippen LogP contribution in [0.25, 0.3) is 0 Å². The van der Waals surface area contributed by atoms with Crippen LogP contribution in [0, 0.1) is 5.82 Å². The summed E-state index contributed by atoms with van der Waals surface area (Å²) in [4.78, 5) is 14.6. The van der Waals surface area contributed by atoms with Crippen LogP contribution >= 0.6 is 0 Å². The minimum absolute atomic E-state index is 0.118. The maximum absolute atomic E-state index is 13.6. The quantitative estimate of drug-likeness (QED) is 0.671. The van der Waals surface area contributed by atoms with Crippen molar-refractivity contribution >= 4 is 5.91 Å². The molecule has 0 spiro atoms. The molecule has 5 heteroatoms. The maximum Gasteiger partial charge on any atom is 0.287 e. The van der Waals surface area contributed by atoms with Crippen LogP contribution in [0.3, 0.4) is 0 Å². The molecule has 1 aliphatic rings. The molecule has 1 N–H and O–H groups in total. The molecule has 1 aromatic heterocycles. The topological polar surface area (TPSA) is 45.5 Å². The molecular weight excluding hydrogens is 355 g/mol. The lowest BCUT2D eigenvalue weighted by Gasteiger charge is -2.34. The highest BCUT2D eigenvalue weighted by molar-refractivity contribution is 5.91. The molecule has 1 atom stereocenters. The molecule has 1 aromatic carbocycles. The van der Waals surface area contributed by atoms with Crippen molar-refractivity contribution in [3.63, 3.8) is 0 Å². The van der Waals surface area contributed by atoms with Crippen LogP contribution in [0.2, 0.25) is 0 Å². The third kappa shape index (κ3) is 5.68. The number of amides is 1. The van der Waals surface area contributed by atoms with E-state index in [0.29, 0.717) is 24.9 Å². The second-order valence-electron chi connectivity index (χ2n) is 7.88. The van der Waals surface area contributed by atoms with Crippen molar-refractivity contribution in [1.29, 1.82) is 0 Å². The van der Waals surface area contributed by atoms with Gasteiger partial charge in [0, 0.05) is 18.6 Å². The van der Waals surface area contributed by atoms with Crippen molar-refractivity contribution in [1.82, 2.24) is 10.2 Å². The van der Waals surface area contributed by atoms with Crippen LogP contribution in [-0.4, -0.2) is 22.9 Å². The summed E-state index contributed by atoms with van der Waals surface area (Å²) in [5, 5.41) is 2.93. The van der Waals surface area contributed by atoms with E-state index in [4.69, 9.17) is 4.42 Å². The number of benzene rings is 1. The third-order valence-corrected chi connectivity index (χ3v) is 5.60. The molecule has 0 saturated heterocycles. The lowest BCUT2D eigenvalue weighted by molar-refractivity contribution is 0.0901. The van der Waals surface area contributed by atoms with Gasteiger partial charge in [0.15, 0.2) is 5.76 Å². The Labute approximate surface area is 167 Å². The monoisotopic (exact) mass is 386 g/mol. The fourth-order valence-corrected chi connectivity index (χ4v) is 3.81. The van der Waals surface area contributed by atoms with Gasteiger partial charge in [0.05, 0.1) is 6.54 Å². The Kier molecular flexibility index (Phi) is 7.26. The molecule has 1 amide bonds. The summed E-state index contributed by atoms with van der Waals surface area (Å²) in [6.07, 6.45) is 6.91. The first-order valence-corrected chi connectivity index (χ1v) is 10.4.